The standard InChI is InChI=1S/C22H25N5O2/c1-13-6-7-16(25-19(28)14-4-2-3-5-14)10-17(13)27-12-15-11-24-21(23)26-18(15)22(8-9-22)20(27)29/h6-7,10-11,14H,2-5,8-9,12H2,1H3,(H,25,28)(H2,23,24,26). The number of nitrogen functional groups attached to an aromatic ring is 1. The van der Waals surface area contributed by atoms with Gasteiger partial charge in [0.25, 0.3) is 0 Å². The maximum absolute atomic E-state index is 13.4. The van der Waals surface area contributed by atoms with Crippen molar-refractivity contribution in [3.8, 4) is 0 Å². The lowest BCUT2D eigenvalue weighted by molar-refractivity contribution is -0.122. The van der Waals surface area contributed by atoms with Crippen molar-refractivity contribution in [3.63, 3.8) is 0 Å². The maximum Gasteiger partial charge on any atom is 0.239 e. The molecule has 0 saturated heterocycles. The Morgan fingerprint density at radius 2 is 2.03 bits per heavy atom. The second kappa shape index (κ2) is 6.54. The minimum atomic E-state index is -0.569. The smallest absolute Gasteiger partial charge is 0.239 e. The Morgan fingerprint density at radius 1 is 1.28 bits per heavy atom. The maximum atomic E-state index is 13.4. The SMILES string of the molecule is Cc1ccc(NC(=O)C2CCCC2)cc1N1Cc2cnc(N)nc2C2(CC2)C1=O. The zero-order valence-corrected chi connectivity index (χ0v) is 16.6. The van der Waals surface area contributed by atoms with E-state index in [1.165, 1.54) is 0 Å². The number of anilines is 3. The predicted octanol–water partition coefficient (Wildman–Crippen LogP) is 3.07. The molecule has 150 valence electrons. The summed E-state index contributed by atoms with van der Waals surface area (Å²) in [4.78, 5) is 36.3. The quantitative estimate of drug-likeness (QED) is 0.837. The molecule has 0 unspecified atom stereocenters. The number of benzene rings is 1. The van der Waals surface area contributed by atoms with Crippen molar-refractivity contribution < 1.29 is 9.59 Å². The third-order valence-electron chi connectivity index (χ3n) is 6.56. The molecule has 7 nitrogen and oxygen atoms in total. The van der Waals surface area contributed by atoms with Crippen LogP contribution >= 0.6 is 0 Å². The number of hydrogen-bond donors (Lipinski definition) is 2. The van der Waals surface area contributed by atoms with Crippen molar-refractivity contribution in [1.82, 2.24) is 9.97 Å². The second-order valence-corrected chi connectivity index (χ2v) is 8.55. The number of nitrogens with zero attached hydrogens (tertiary/aromatic N) is 3. The lowest BCUT2D eigenvalue weighted by Crippen LogP contribution is -2.45. The van der Waals surface area contributed by atoms with Crippen LogP contribution in [-0.2, 0) is 21.5 Å². The van der Waals surface area contributed by atoms with Crippen molar-refractivity contribution in [2.45, 2.75) is 57.4 Å². The van der Waals surface area contributed by atoms with E-state index in [1.807, 2.05) is 30.0 Å². The number of nitrogens with one attached hydrogen (secondary N) is 1. The summed E-state index contributed by atoms with van der Waals surface area (Å²) < 4.78 is 0. The lowest BCUT2D eigenvalue weighted by atomic mass is 9.91. The van der Waals surface area contributed by atoms with Gasteiger partial charge in [0, 0.05) is 29.1 Å². The summed E-state index contributed by atoms with van der Waals surface area (Å²) in [5.74, 6) is 0.449. The zero-order chi connectivity index (χ0) is 20.2. The van der Waals surface area contributed by atoms with Gasteiger partial charge in [-0.2, -0.15) is 0 Å². The molecule has 1 spiro atoms. The first-order valence-corrected chi connectivity index (χ1v) is 10.3. The zero-order valence-electron chi connectivity index (χ0n) is 16.6. The summed E-state index contributed by atoms with van der Waals surface area (Å²) in [5, 5.41) is 3.05. The average Bonchev–Trinajstić information content (AvgIpc) is 3.31. The molecule has 3 N–H and O–H groups in total. The molecule has 1 aliphatic heterocycles. The van der Waals surface area contributed by atoms with Gasteiger partial charge in [0.05, 0.1) is 17.7 Å². The third kappa shape index (κ3) is 2.96. The van der Waals surface area contributed by atoms with E-state index in [4.69, 9.17) is 5.73 Å². The van der Waals surface area contributed by atoms with Crippen molar-refractivity contribution in [2.75, 3.05) is 16.0 Å². The fourth-order valence-electron chi connectivity index (χ4n) is 4.73. The first kappa shape index (κ1) is 18.1. The van der Waals surface area contributed by atoms with Crippen LogP contribution in [0.15, 0.2) is 24.4 Å². The Kier molecular flexibility index (Phi) is 4.08. The number of nitrogens with two attached hydrogens (primary N) is 1. The van der Waals surface area contributed by atoms with Crippen molar-refractivity contribution in [2.24, 2.45) is 5.92 Å². The van der Waals surface area contributed by atoms with Gasteiger partial charge in [0.2, 0.25) is 17.8 Å². The van der Waals surface area contributed by atoms with Gasteiger partial charge in [-0.3, -0.25) is 9.59 Å². The van der Waals surface area contributed by atoms with E-state index in [1.54, 1.807) is 6.20 Å². The van der Waals surface area contributed by atoms with Gasteiger partial charge in [-0.25, -0.2) is 9.97 Å². The van der Waals surface area contributed by atoms with Crippen molar-refractivity contribution >= 4 is 29.1 Å². The molecule has 0 atom stereocenters. The minimum Gasteiger partial charge on any atom is -0.368 e. The monoisotopic (exact) mass is 391 g/mol. The van der Waals surface area contributed by atoms with Crippen molar-refractivity contribution in [1.29, 1.82) is 0 Å². The molecule has 3 aliphatic rings. The van der Waals surface area contributed by atoms with E-state index in [9.17, 15) is 9.59 Å². The number of aromatic nitrogens is 2. The molecule has 2 aliphatic carbocycles. The van der Waals surface area contributed by atoms with Crippen molar-refractivity contribution in [3.05, 3.63) is 41.2 Å². The minimum absolute atomic E-state index is 0.0606. The molecule has 0 radical (unpaired) electrons. The molecule has 2 amide bonds. The van der Waals surface area contributed by atoms with Crippen LogP contribution in [0.4, 0.5) is 17.3 Å². The molecule has 0 bridgehead atoms. The summed E-state index contributed by atoms with van der Waals surface area (Å²) in [5.41, 5.74) is 9.49. The molecule has 29 heavy (non-hydrogen) atoms. The molecule has 2 fully saturated rings. The van der Waals surface area contributed by atoms with Crippen LogP contribution in [0.25, 0.3) is 0 Å². The van der Waals surface area contributed by atoms with E-state index in [0.29, 0.717) is 6.54 Å². The van der Waals surface area contributed by atoms with Crippen LogP contribution in [0.5, 0.6) is 0 Å². The van der Waals surface area contributed by atoms with Gasteiger partial charge in [-0.1, -0.05) is 18.9 Å². The molecule has 7 heteroatoms. The fraction of sp³-hybridized carbons (Fsp3) is 0.455. The highest BCUT2D eigenvalue weighted by Crippen LogP contribution is 2.53. The molecule has 2 saturated carbocycles. The average molecular weight is 391 g/mol. The Morgan fingerprint density at radius 3 is 2.76 bits per heavy atom. The van der Waals surface area contributed by atoms with Crippen LogP contribution in [-0.4, -0.2) is 21.8 Å². The normalized spacial score (nSPS) is 20.0. The summed E-state index contributed by atoms with van der Waals surface area (Å²) in [7, 11) is 0. The number of hydrogen-bond acceptors (Lipinski definition) is 5. The lowest BCUT2D eigenvalue weighted by Gasteiger charge is -2.34. The highest BCUT2D eigenvalue weighted by atomic mass is 16.2. The van der Waals surface area contributed by atoms with E-state index in [-0.39, 0.29) is 23.7 Å². The Labute approximate surface area is 169 Å². The van der Waals surface area contributed by atoms with Gasteiger partial charge >= 0.3 is 0 Å². The molecule has 2 heterocycles. The van der Waals surface area contributed by atoms with Crippen LogP contribution in [0, 0.1) is 12.8 Å². The molecule has 2 aromatic rings. The highest BCUT2D eigenvalue weighted by Gasteiger charge is 2.58. The van der Waals surface area contributed by atoms with E-state index in [2.05, 4.69) is 15.3 Å². The first-order chi connectivity index (χ1) is 14.0. The second-order valence-electron chi connectivity index (χ2n) is 8.55. The number of carbonyl (C=O) groups is 2. The summed E-state index contributed by atoms with van der Waals surface area (Å²) in [6, 6.07) is 5.78. The number of rotatable bonds is 3. The van der Waals surface area contributed by atoms with E-state index in [0.717, 1.165) is 66.7 Å². The van der Waals surface area contributed by atoms with Crippen LogP contribution < -0.4 is 16.0 Å². The molecule has 1 aromatic carbocycles. The molecular weight excluding hydrogens is 366 g/mol. The topological polar surface area (TPSA) is 101 Å². The van der Waals surface area contributed by atoms with Gasteiger partial charge in [0.15, 0.2) is 0 Å². The Bertz CT molecular complexity index is 1010. The van der Waals surface area contributed by atoms with Crippen LogP contribution in [0.1, 0.15) is 55.3 Å². The number of amides is 2. The van der Waals surface area contributed by atoms with Crippen LogP contribution in [0.2, 0.25) is 0 Å². The molecular formula is C22H25N5O2. The highest BCUT2D eigenvalue weighted by molar-refractivity contribution is 6.05. The first-order valence-electron chi connectivity index (χ1n) is 10.3. The fourth-order valence-corrected chi connectivity index (χ4v) is 4.73. The summed E-state index contributed by atoms with van der Waals surface area (Å²) >= 11 is 0. The Balaban J connectivity index is 1.47. The Hall–Kier alpha value is -2.96. The largest absolute Gasteiger partial charge is 0.368 e. The van der Waals surface area contributed by atoms with E-state index >= 15 is 0 Å². The summed E-state index contributed by atoms with van der Waals surface area (Å²) in [6.07, 6.45) is 7.44. The van der Waals surface area contributed by atoms with Gasteiger partial charge < -0.3 is 16.0 Å². The van der Waals surface area contributed by atoms with Gasteiger partial charge in [-0.05, 0) is 50.3 Å². The number of aryl methyl sites for hydroxylation is 1. The third-order valence-corrected chi connectivity index (χ3v) is 6.56. The predicted molar refractivity (Wildman–Crippen MR) is 110 cm³/mol. The van der Waals surface area contributed by atoms with Gasteiger partial charge in [0.1, 0.15) is 0 Å². The van der Waals surface area contributed by atoms with Gasteiger partial charge in [-0.15, -0.1) is 0 Å². The number of carbonyl (C=O) groups excluding carboxylic acids is 2. The molecule has 1 aromatic heterocycles. The number of fused-ring (bicyclic) bond motifs is 2. The van der Waals surface area contributed by atoms with Crippen LogP contribution in [0.3, 0.4) is 0 Å². The van der Waals surface area contributed by atoms with E-state index < -0.39 is 5.41 Å². The molecule has 5 rings (SSSR count). The summed E-state index contributed by atoms with van der Waals surface area (Å²) in [6.45, 7) is 2.40.